The highest BCUT2D eigenvalue weighted by Gasteiger charge is 2.35. The molecule has 3 heterocycles. The zero-order valence-corrected chi connectivity index (χ0v) is 12.5. The first-order chi connectivity index (χ1) is 10.2. The molecule has 110 valence electrons. The van der Waals surface area contributed by atoms with Crippen molar-refractivity contribution in [3.05, 3.63) is 23.5 Å². The Morgan fingerprint density at radius 3 is 3.14 bits per heavy atom. The Balaban J connectivity index is 1.73. The Morgan fingerprint density at radius 1 is 1.38 bits per heavy atom. The van der Waals surface area contributed by atoms with Gasteiger partial charge >= 0.3 is 0 Å². The van der Waals surface area contributed by atoms with Crippen LogP contribution in [0.3, 0.4) is 0 Å². The lowest BCUT2D eigenvalue weighted by atomic mass is 9.84. The summed E-state index contributed by atoms with van der Waals surface area (Å²) in [6, 6.07) is 2.05. The van der Waals surface area contributed by atoms with Crippen LogP contribution in [-0.4, -0.2) is 28.3 Å². The minimum Gasteiger partial charge on any atom is -0.488 e. The van der Waals surface area contributed by atoms with E-state index in [-0.39, 0.29) is 0 Å². The maximum atomic E-state index is 5.68. The fraction of sp³-hybridized carbons (Fsp3) is 0.500. The van der Waals surface area contributed by atoms with Gasteiger partial charge in [-0.05, 0) is 24.3 Å². The highest BCUT2D eigenvalue weighted by molar-refractivity contribution is 5.69. The highest BCUT2D eigenvalue weighted by atomic mass is 16.5. The van der Waals surface area contributed by atoms with Crippen molar-refractivity contribution in [2.75, 3.05) is 18.5 Å². The average molecular weight is 284 g/mol. The number of anilines is 1. The van der Waals surface area contributed by atoms with E-state index < -0.39 is 0 Å². The summed E-state index contributed by atoms with van der Waals surface area (Å²) >= 11 is 0. The Hall–Kier alpha value is -2.04. The summed E-state index contributed by atoms with van der Waals surface area (Å²) in [6.07, 6.45) is 5.24. The molecule has 2 aromatic rings. The molecule has 1 aliphatic heterocycles. The van der Waals surface area contributed by atoms with Crippen LogP contribution in [-0.2, 0) is 12.8 Å². The van der Waals surface area contributed by atoms with E-state index in [9.17, 15) is 0 Å². The maximum absolute atomic E-state index is 5.68. The number of aromatic nitrogens is 3. The largest absolute Gasteiger partial charge is 0.488 e. The van der Waals surface area contributed by atoms with Gasteiger partial charge in [0.15, 0.2) is 11.6 Å². The van der Waals surface area contributed by atoms with Crippen molar-refractivity contribution in [3.8, 4) is 17.0 Å². The number of aromatic amines is 1. The molecule has 0 bridgehead atoms. The fourth-order valence-electron chi connectivity index (χ4n) is 3.29. The zero-order valence-electron chi connectivity index (χ0n) is 12.5. The molecule has 0 saturated carbocycles. The number of pyridine rings is 1. The lowest BCUT2D eigenvalue weighted by Crippen LogP contribution is -2.19. The monoisotopic (exact) mass is 284 g/mol. The molecule has 5 heteroatoms. The Kier molecular flexibility index (Phi) is 2.71. The van der Waals surface area contributed by atoms with Crippen molar-refractivity contribution in [1.82, 2.24) is 15.2 Å². The van der Waals surface area contributed by atoms with Crippen LogP contribution in [0, 0.1) is 5.41 Å². The third-order valence-electron chi connectivity index (χ3n) is 4.79. The smallest absolute Gasteiger partial charge is 0.168 e. The number of nitrogens with one attached hydrogen (secondary N) is 2. The molecule has 0 saturated heterocycles. The fourth-order valence-corrected chi connectivity index (χ4v) is 3.29. The maximum Gasteiger partial charge on any atom is 0.168 e. The molecule has 0 radical (unpaired) electrons. The number of rotatable bonds is 2. The molecule has 1 unspecified atom stereocenters. The summed E-state index contributed by atoms with van der Waals surface area (Å²) in [6.45, 7) is 6.11. The summed E-state index contributed by atoms with van der Waals surface area (Å²) in [4.78, 5) is 4.47. The van der Waals surface area contributed by atoms with Crippen molar-refractivity contribution in [1.29, 1.82) is 0 Å². The van der Waals surface area contributed by atoms with Crippen molar-refractivity contribution < 1.29 is 4.74 Å². The predicted octanol–water partition coefficient (Wildman–Crippen LogP) is 2.79. The van der Waals surface area contributed by atoms with Crippen molar-refractivity contribution in [2.45, 2.75) is 33.1 Å². The predicted molar refractivity (Wildman–Crippen MR) is 81.6 cm³/mol. The molecule has 2 N–H and O–H groups in total. The van der Waals surface area contributed by atoms with Gasteiger partial charge in [-0.15, -0.1) is 0 Å². The van der Waals surface area contributed by atoms with E-state index in [0.717, 1.165) is 42.2 Å². The quantitative estimate of drug-likeness (QED) is 0.890. The molecule has 0 aromatic carbocycles. The number of hydrogen-bond acceptors (Lipinski definition) is 4. The topological polar surface area (TPSA) is 62.8 Å². The van der Waals surface area contributed by atoms with E-state index in [1.807, 2.05) is 12.3 Å². The molecule has 0 fully saturated rings. The van der Waals surface area contributed by atoms with Gasteiger partial charge in [0, 0.05) is 23.0 Å². The minimum atomic E-state index is 0.360. The second kappa shape index (κ2) is 4.48. The number of fused-ring (bicyclic) bond motifs is 2. The van der Waals surface area contributed by atoms with Gasteiger partial charge in [0.1, 0.15) is 6.61 Å². The molecule has 0 spiro atoms. The van der Waals surface area contributed by atoms with E-state index in [1.165, 1.54) is 17.7 Å². The normalized spacial score (nSPS) is 23.1. The molecule has 4 rings (SSSR count). The van der Waals surface area contributed by atoms with Crippen molar-refractivity contribution in [2.24, 2.45) is 5.41 Å². The number of hydrogen-bond donors (Lipinski definition) is 2. The summed E-state index contributed by atoms with van der Waals surface area (Å²) in [5, 5.41) is 11.0. The van der Waals surface area contributed by atoms with Crippen LogP contribution in [0.25, 0.3) is 11.3 Å². The molecule has 21 heavy (non-hydrogen) atoms. The van der Waals surface area contributed by atoms with E-state index in [1.54, 1.807) is 0 Å². The molecular formula is C16H20N4O. The average Bonchev–Trinajstić information content (AvgIpc) is 3.03. The van der Waals surface area contributed by atoms with Crippen molar-refractivity contribution in [3.63, 3.8) is 0 Å². The van der Waals surface area contributed by atoms with Crippen LogP contribution < -0.4 is 10.1 Å². The van der Waals surface area contributed by atoms with Crippen LogP contribution in [0.15, 0.2) is 12.3 Å². The lowest BCUT2D eigenvalue weighted by molar-refractivity contribution is 0.321. The van der Waals surface area contributed by atoms with E-state index >= 15 is 0 Å². The van der Waals surface area contributed by atoms with Gasteiger partial charge in [-0.1, -0.05) is 20.3 Å². The second-order valence-electron chi connectivity index (χ2n) is 6.39. The number of H-pyrrole nitrogens is 1. The molecule has 1 atom stereocenters. The minimum absolute atomic E-state index is 0.360. The molecule has 5 nitrogen and oxygen atoms in total. The van der Waals surface area contributed by atoms with Crippen LogP contribution in [0.5, 0.6) is 5.75 Å². The first-order valence-electron chi connectivity index (χ1n) is 7.62. The van der Waals surface area contributed by atoms with Crippen molar-refractivity contribution >= 4 is 5.82 Å². The molecular weight excluding hydrogens is 264 g/mol. The highest BCUT2D eigenvalue weighted by Crippen LogP contribution is 2.42. The molecule has 2 aliphatic rings. The third-order valence-corrected chi connectivity index (χ3v) is 4.79. The standard InChI is InChI=1S/C16H20N4O/c1-3-16(2)7-11-12(8-16)19-20-14(11)10-6-13-15(18-9-10)17-4-5-21-13/h6,9H,3-5,7-8H2,1-2H3,(H,17,18)(H,19,20). The number of ether oxygens (including phenoxy) is 1. The van der Waals surface area contributed by atoms with Gasteiger partial charge in [0.2, 0.25) is 0 Å². The molecule has 1 aliphatic carbocycles. The Labute approximate surface area is 124 Å². The van der Waals surface area contributed by atoms with Gasteiger partial charge in [-0.2, -0.15) is 5.10 Å². The third kappa shape index (κ3) is 1.99. The Bertz CT molecular complexity index is 694. The first-order valence-corrected chi connectivity index (χ1v) is 7.62. The molecule has 2 aromatic heterocycles. The Morgan fingerprint density at radius 2 is 2.29 bits per heavy atom. The second-order valence-corrected chi connectivity index (χ2v) is 6.39. The zero-order chi connectivity index (χ0) is 14.4. The van der Waals surface area contributed by atoms with Gasteiger partial charge in [-0.3, -0.25) is 5.10 Å². The SMILES string of the molecule is CCC1(C)Cc2[nH]nc(-c3cnc4c(c3)OCCN4)c2C1. The summed E-state index contributed by atoms with van der Waals surface area (Å²) < 4.78 is 5.68. The summed E-state index contributed by atoms with van der Waals surface area (Å²) in [7, 11) is 0. The van der Waals surface area contributed by atoms with E-state index in [0.29, 0.717) is 12.0 Å². The summed E-state index contributed by atoms with van der Waals surface area (Å²) in [5.74, 6) is 1.65. The summed E-state index contributed by atoms with van der Waals surface area (Å²) in [5.41, 5.74) is 5.07. The van der Waals surface area contributed by atoms with E-state index in [4.69, 9.17) is 4.74 Å². The lowest BCUT2D eigenvalue weighted by Gasteiger charge is -2.21. The van der Waals surface area contributed by atoms with Gasteiger partial charge in [0.05, 0.1) is 12.2 Å². The molecule has 0 amide bonds. The number of nitrogens with zero attached hydrogens (tertiary/aromatic N) is 2. The van der Waals surface area contributed by atoms with Crippen LogP contribution in [0.1, 0.15) is 31.5 Å². The first kappa shape index (κ1) is 12.7. The van der Waals surface area contributed by atoms with Crippen LogP contribution in [0.4, 0.5) is 5.82 Å². The van der Waals surface area contributed by atoms with Gasteiger partial charge in [-0.25, -0.2) is 4.98 Å². The van der Waals surface area contributed by atoms with E-state index in [2.05, 4.69) is 34.3 Å². The van der Waals surface area contributed by atoms with Gasteiger partial charge in [0.25, 0.3) is 0 Å². The van der Waals surface area contributed by atoms with Crippen LogP contribution >= 0.6 is 0 Å². The van der Waals surface area contributed by atoms with Crippen LogP contribution in [0.2, 0.25) is 0 Å². The van der Waals surface area contributed by atoms with Gasteiger partial charge < -0.3 is 10.1 Å².